The zero-order valence-electron chi connectivity index (χ0n) is 9.74. The second-order valence-electron chi connectivity index (χ2n) is 4.16. The SMILES string of the molecule is Cc1ccccc1CNCC1CCOCO1. The molecule has 1 aromatic carbocycles. The standard InChI is InChI=1S/C13H19NO2/c1-11-4-2-3-5-12(11)8-14-9-13-6-7-15-10-16-13/h2-5,13-14H,6-10H2,1H3. The van der Waals surface area contributed by atoms with Gasteiger partial charge in [-0.2, -0.15) is 0 Å². The van der Waals surface area contributed by atoms with E-state index in [2.05, 4.69) is 36.5 Å². The first kappa shape index (κ1) is 11.6. The molecule has 1 unspecified atom stereocenters. The summed E-state index contributed by atoms with van der Waals surface area (Å²) in [5, 5.41) is 3.43. The molecule has 0 aromatic heterocycles. The highest BCUT2D eigenvalue weighted by Gasteiger charge is 2.13. The average molecular weight is 221 g/mol. The summed E-state index contributed by atoms with van der Waals surface area (Å²) in [5.74, 6) is 0. The maximum atomic E-state index is 5.46. The van der Waals surface area contributed by atoms with Crippen molar-refractivity contribution < 1.29 is 9.47 Å². The first-order valence-electron chi connectivity index (χ1n) is 5.81. The summed E-state index contributed by atoms with van der Waals surface area (Å²) in [5.41, 5.74) is 2.69. The van der Waals surface area contributed by atoms with Crippen LogP contribution in [0.3, 0.4) is 0 Å². The number of aryl methyl sites for hydroxylation is 1. The molecule has 0 saturated carbocycles. The summed E-state index contributed by atoms with van der Waals surface area (Å²) < 4.78 is 10.6. The van der Waals surface area contributed by atoms with Gasteiger partial charge in [-0.1, -0.05) is 24.3 Å². The lowest BCUT2D eigenvalue weighted by Gasteiger charge is -2.23. The van der Waals surface area contributed by atoms with E-state index in [4.69, 9.17) is 9.47 Å². The monoisotopic (exact) mass is 221 g/mol. The zero-order chi connectivity index (χ0) is 11.2. The Kier molecular flexibility index (Phi) is 4.34. The Bertz CT molecular complexity index is 321. The molecule has 0 amide bonds. The van der Waals surface area contributed by atoms with Crippen molar-refractivity contribution in [1.29, 1.82) is 0 Å². The minimum atomic E-state index is 0.303. The fourth-order valence-corrected chi connectivity index (χ4v) is 1.84. The van der Waals surface area contributed by atoms with Crippen LogP contribution in [0.4, 0.5) is 0 Å². The highest BCUT2D eigenvalue weighted by atomic mass is 16.7. The fraction of sp³-hybridized carbons (Fsp3) is 0.538. The van der Waals surface area contributed by atoms with E-state index in [1.54, 1.807) is 0 Å². The van der Waals surface area contributed by atoms with Crippen LogP contribution >= 0.6 is 0 Å². The van der Waals surface area contributed by atoms with Gasteiger partial charge in [0.25, 0.3) is 0 Å². The van der Waals surface area contributed by atoms with Crippen molar-refractivity contribution in [1.82, 2.24) is 5.32 Å². The van der Waals surface area contributed by atoms with E-state index in [1.807, 2.05) is 0 Å². The molecule has 0 bridgehead atoms. The first-order valence-corrected chi connectivity index (χ1v) is 5.81. The highest BCUT2D eigenvalue weighted by molar-refractivity contribution is 5.25. The van der Waals surface area contributed by atoms with Crippen molar-refractivity contribution in [2.75, 3.05) is 19.9 Å². The van der Waals surface area contributed by atoms with E-state index in [0.29, 0.717) is 12.9 Å². The normalized spacial score (nSPS) is 20.9. The van der Waals surface area contributed by atoms with Crippen molar-refractivity contribution in [3.05, 3.63) is 35.4 Å². The Hall–Kier alpha value is -0.900. The molecule has 2 rings (SSSR count). The van der Waals surface area contributed by atoms with Gasteiger partial charge in [-0.15, -0.1) is 0 Å². The van der Waals surface area contributed by atoms with Crippen LogP contribution in [0.2, 0.25) is 0 Å². The lowest BCUT2D eigenvalue weighted by atomic mass is 10.1. The van der Waals surface area contributed by atoms with Gasteiger partial charge in [-0.25, -0.2) is 0 Å². The van der Waals surface area contributed by atoms with Gasteiger partial charge >= 0.3 is 0 Å². The molecule has 3 heteroatoms. The summed E-state index contributed by atoms with van der Waals surface area (Å²) in [6, 6.07) is 8.45. The van der Waals surface area contributed by atoms with Gasteiger partial charge in [-0.05, 0) is 24.5 Å². The number of ether oxygens (including phenoxy) is 2. The lowest BCUT2D eigenvalue weighted by Crippen LogP contribution is -2.33. The fourth-order valence-electron chi connectivity index (χ4n) is 1.84. The number of rotatable bonds is 4. The molecule has 16 heavy (non-hydrogen) atoms. The summed E-state index contributed by atoms with van der Waals surface area (Å²) in [4.78, 5) is 0. The van der Waals surface area contributed by atoms with Gasteiger partial charge in [0, 0.05) is 13.1 Å². The summed E-state index contributed by atoms with van der Waals surface area (Å²) in [7, 11) is 0. The van der Waals surface area contributed by atoms with E-state index in [-0.39, 0.29) is 0 Å². The molecule has 1 fully saturated rings. The molecule has 0 aliphatic carbocycles. The van der Waals surface area contributed by atoms with Gasteiger partial charge in [0.2, 0.25) is 0 Å². The maximum Gasteiger partial charge on any atom is 0.147 e. The molecule has 1 aliphatic rings. The average Bonchev–Trinajstić information content (AvgIpc) is 2.33. The van der Waals surface area contributed by atoms with Crippen LogP contribution in [-0.4, -0.2) is 26.0 Å². The zero-order valence-corrected chi connectivity index (χ0v) is 9.74. The van der Waals surface area contributed by atoms with E-state index in [0.717, 1.165) is 26.1 Å². The van der Waals surface area contributed by atoms with Gasteiger partial charge in [-0.3, -0.25) is 0 Å². The molecular formula is C13H19NO2. The van der Waals surface area contributed by atoms with Crippen molar-refractivity contribution in [3.8, 4) is 0 Å². The third-order valence-electron chi connectivity index (χ3n) is 2.92. The Morgan fingerprint density at radius 2 is 2.25 bits per heavy atom. The Balaban J connectivity index is 1.73. The molecule has 3 nitrogen and oxygen atoms in total. The van der Waals surface area contributed by atoms with Crippen LogP contribution in [0.15, 0.2) is 24.3 Å². The number of hydrogen-bond acceptors (Lipinski definition) is 3. The van der Waals surface area contributed by atoms with Crippen LogP contribution in [0.1, 0.15) is 17.5 Å². The highest BCUT2D eigenvalue weighted by Crippen LogP contribution is 2.08. The van der Waals surface area contributed by atoms with E-state index in [9.17, 15) is 0 Å². The summed E-state index contributed by atoms with van der Waals surface area (Å²) in [6.07, 6.45) is 1.29. The minimum Gasteiger partial charge on any atom is -0.355 e. The van der Waals surface area contributed by atoms with Gasteiger partial charge in [0.05, 0.1) is 12.7 Å². The number of benzene rings is 1. The molecule has 0 spiro atoms. The molecule has 1 saturated heterocycles. The van der Waals surface area contributed by atoms with Crippen molar-refractivity contribution in [2.45, 2.75) is 26.0 Å². The smallest absolute Gasteiger partial charge is 0.147 e. The summed E-state index contributed by atoms with van der Waals surface area (Å²) in [6.45, 7) is 5.21. The number of hydrogen-bond donors (Lipinski definition) is 1. The van der Waals surface area contributed by atoms with Crippen molar-refractivity contribution in [3.63, 3.8) is 0 Å². The third kappa shape index (κ3) is 3.30. The minimum absolute atomic E-state index is 0.303. The van der Waals surface area contributed by atoms with E-state index < -0.39 is 0 Å². The molecule has 0 radical (unpaired) electrons. The number of nitrogens with one attached hydrogen (secondary N) is 1. The van der Waals surface area contributed by atoms with E-state index in [1.165, 1.54) is 11.1 Å². The second-order valence-corrected chi connectivity index (χ2v) is 4.16. The Morgan fingerprint density at radius 1 is 1.38 bits per heavy atom. The van der Waals surface area contributed by atoms with Crippen LogP contribution in [0, 0.1) is 6.92 Å². The Labute approximate surface area is 96.8 Å². The molecule has 1 aromatic rings. The second kappa shape index (κ2) is 5.99. The predicted molar refractivity (Wildman–Crippen MR) is 63.2 cm³/mol. The summed E-state index contributed by atoms with van der Waals surface area (Å²) >= 11 is 0. The molecule has 1 heterocycles. The van der Waals surface area contributed by atoms with Crippen molar-refractivity contribution >= 4 is 0 Å². The van der Waals surface area contributed by atoms with Crippen LogP contribution in [0.5, 0.6) is 0 Å². The molecule has 1 N–H and O–H groups in total. The maximum absolute atomic E-state index is 5.46. The van der Waals surface area contributed by atoms with Crippen molar-refractivity contribution in [2.24, 2.45) is 0 Å². The lowest BCUT2D eigenvalue weighted by molar-refractivity contribution is -0.137. The first-order chi connectivity index (χ1) is 7.86. The van der Waals surface area contributed by atoms with Gasteiger partial charge < -0.3 is 14.8 Å². The van der Waals surface area contributed by atoms with Crippen LogP contribution in [0.25, 0.3) is 0 Å². The van der Waals surface area contributed by atoms with Crippen LogP contribution in [-0.2, 0) is 16.0 Å². The topological polar surface area (TPSA) is 30.5 Å². The van der Waals surface area contributed by atoms with Gasteiger partial charge in [0.15, 0.2) is 0 Å². The molecule has 1 aliphatic heterocycles. The van der Waals surface area contributed by atoms with Crippen LogP contribution < -0.4 is 5.32 Å². The van der Waals surface area contributed by atoms with E-state index >= 15 is 0 Å². The largest absolute Gasteiger partial charge is 0.355 e. The molecule has 1 atom stereocenters. The predicted octanol–water partition coefficient (Wildman–Crippen LogP) is 1.85. The third-order valence-corrected chi connectivity index (χ3v) is 2.92. The molecular weight excluding hydrogens is 202 g/mol. The quantitative estimate of drug-likeness (QED) is 0.841. The Morgan fingerprint density at radius 3 is 3.00 bits per heavy atom. The molecule has 88 valence electrons. The van der Waals surface area contributed by atoms with Gasteiger partial charge in [0.1, 0.15) is 6.79 Å².